The summed E-state index contributed by atoms with van der Waals surface area (Å²) in [5, 5.41) is 3.86. The number of nitrogens with zero attached hydrogens (tertiary/aromatic N) is 1. The van der Waals surface area contributed by atoms with Crippen molar-refractivity contribution in [2.24, 2.45) is 5.92 Å². The van der Waals surface area contributed by atoms with Crippen molar-refractivity contribution in [3.8, 4) is 11.3 Å². The van der Waals surface area contributed by atoms with Gasteiger partial charge in [0.25, 0.3) is 0 Å². The van der Waals surface area contributed by atoms with Crippen LogP contribution in [0.25, 0.3) is 11.3 Å². The molecule has 2 rings (SSSR count). The first-order chi connectivity index (χ1) is 8.08. The summed E-state index contributed by atoms with van der Waals surface area (Å²) in [6.45, 7) is 4.30. The van der Waals surface area contributed by atoms with Gasteiger partial charge in [-0.2, -0.15) is 0 Å². The van der Waals surface area contributed by atoms with Gasteiger partial charge in [0.05, 0.1) is 0 Å². The SMILES string of the molecule is CC(C)Cc1c(N)noc1-c1cccc(Br)c1. The van der Waals surface area contributed by atoms with Crippen LogP contribution in [0.2, 0.25) is 0 Å². The maximum absolute atomic E-state index is 5.85. The Morgan fingerprint density at radius 1 is 1.41 bits per heavy atom. The van der Waals surface area contributed by atoms with E-state index >= 15 is 0 Å². The zero-order valence-electron chi connectivity index (χ0n) is 9.90. The zero-order valence-corrected chi connectivity index (χ0v) is 11.5. The smallest absolute Gasteiger partial charge is 0.172 e. The molecule has 0 unspecified atom stereocenters. The lowest BCUT2D eigenvalue weighted by molar-refractivity contribution is 0.434. The minimum atomic E-state index is 0.494. The fraction of sp³-hybridized carbons (Fsp3) is 0.308. The molecule has 0 amide bonds. The van der Waals surface area contributed by atoms with Gasteiger partial charge in [-0.3, -0.25) is 0 Å². The lowest BCUT2D eigenvalue weighted by atomic mass is 10.00. The first kappa shape index (κ1) is 12.2. The Morgan fingerprint density at radius 3 is 2.82 bits per heavy atom. The number of benzene rings is 1. The number of hydrogen-bond donors (Lipinski definition) is 1. The normalized spacial score (nSPS) is 11.1. The van der Waals surface area contributed by atoms with Crippen LogP contribution >= 0.6 is 15.9 Å². The van der Waals surface area contributed by atoms with E-state index in [1.807, 2.05) is 24.3 Å². The van der Waals surface area contributed by atoms with E-state index in [1.54, 1.807) is 0 Å². The Hall–Kier alpha value is -1.29. The molecule has 0 bridgehead atoms. The molecule has 0 radical (unpaired) electrons. The summed E-state index contributed by atoms with van der Waals surface area (Å²) in [4.78, 5) is 0. The summed E-state index contributed by atoms with van der Waals surface area (Å²) in [6, 6.07) is 7.95. The van der Waals surface area contributed by atoms with Crippen LogP contribution in [-0.4, -0.2) is 5.16 Å². The summed E-state index contributed by atoms with van der Waals surface area (Å²) < 4.78 is 6.36. The van der Waals surface area contributed by atoms with Crippen molar-refractivity contribution in [1.29, 1.82) is 0 Å². The van der Waals surface area contributed by atoms with Crippen molar-refractivity contribution in [2.75, 3.05) is 5.73 Å². The van der Waals surface area contributed by atoms with Crippen LogP contribution in [0.5, 0.6) is 0 Å². The van der Waals surface area contributed by atoms with Gasteiger partial charge >= 0.3 is 0 Å². The van der Waals surface area contributed by atoms with Crippen molar-refractivity contribution in [3.63, 3.8) is 0 Å². The monoisotopic (exact) mass is 294 g/mol. The number of halogens is 1. The molecule has 0 aliphatic carbocycles. The number of aromatic nitrogens is 1. The van der Waals surface area contributed by atoms with Crippen molar-refractivity contribution >= 4 is 21.7 Å². The van der Waals surface area contributed by atoms with E-state index in [-0.39, 0.29) is 0 Å². The molecule has 0 aliphatic rings. The quantitative estimate of drug-likeness (QED) is 0.934. The van der Waals surface area contributed by atoms with Crippen LogP contribution in [0, 0.1) is 5.92 Å². The fourth-order valence-electron chi connectivity index (χ4n) is 1.78. The Labute approximate surface area is 109 Å². The predicted octanol–water partition coefficient (Wildman–Crippen LogP) is 3.88. The maximum atomic E-state index is 5.85. The summed E-state index contributed by atoms with van der Waals surface area (Å²) in [7, 11) is 0. The molecule has 17 heavy (non-hydrogen) atoms. The first-order valence-electron chi connectivity index (χ1n) is 5.58. The fourth-order valence-corrected chi connectivity index (χ4v) is 2.18. The number of nitrogens with two attached hydrogens (primary N) is 1. The molecule has 1 heterocycles. The molecule has 2 aromatic rings. The van der Waals surface area contributed by atoms with Gasteiger partial charge in [0.15, 0.2) is 11.6 Å². The zero-order chi connectivity index (χ0) is 12.4. The average Bonchev–Trinajstić information content (AvgIpc) is 2.60. The summed E-state index contributed by atoms with van der Waals surface area (Å²) in [6.07, 6.45) is 0.872. The van der Waals surface area contributed by atoms with Crippen molar-refractivity contribution in [3.05, 3.63) is 34.3 Å². The van der Waals surface area contributed by atoms with E-state index in [0.717, 1.165) is 27.8 Å². The molecule has 4 heteroatoms. The largest absolute Gasteiger partial charge is 0.381 e. The maximum Gasteiger partial charge on any atom is 0.172 e. The van der Waals surface area contributed by atoms with Crippen LogP contribution in [-0.2, 0) is 6.42 Å². The standard InChI is InChI=1S/C13H15BrN2O/c1-8(2)6-11-12(17-16-13(11)15)9-4-3-5-10(14)7-9/h3-5,7-8H,6H2,1-2H3,(H2,15,16). The Bertz CT molecular complexity index is 520. The van der Waals surface area contributed by atoms with Gasteiger partial charge in [-0.25, -0.2) is 0 Å². The van der Waals surface area contributed by atoms with Gasteiger partial charge < -0.3 is 10.3 Å². The van der Waals surface area contributed by atoms with Crippen LogP contribution in [0.4, 0.5) is 5.82 Å². The van der Waals surface area contributed by atoms with Crippen molar-refractivity contribution in [1.82, 2.24) is 5.16 Å². The second-order valence-corrected chi connectivity index (χ2v) is 5.40. The Kier molecular flexibility index (Phi) is 3.52. The van der Waals surface area contributed by atoms with E-state index in [1.165, 1.54) is 0 Å². The molecular formula is C13H15BrN2O. The second-order valence-electron chi connectivity index (χ2n) is 4.48. The topological polar surface area (TPSA) is 52.0 Å². The molecule has 2 N–H and O–H groups in total. The molecule has 0 aliphatic heterocycles. The molecule has 0 atom stereocenters. The third-order valence-corrected chi connectivity index (χ3v) is 3.01. The number of nitrogen functional groups attached to an aromatic ring is 1. The predicted molar refractivity (Wildman–Crippen MR) is 72.6 cm³/mol. The molecular weight excluding hydrogens is 280 g/mol. The molecule has 0 saturated carbocycles. The Morgan fingerprint density at radius 2 is 2.18 bits per heavy atom. The molecule has 90 valence electrons. The Balaban J connectivity index is 2.45. The third kappa shape index (κ3) is 2.69. The molecule has 1 aromatic heterocycles. The lowest BCUT2D eigenvalue weighted by Gasteiger charge is -2.05. The number of hydrogen-bond acceptors (Lipinski definition) is 3. The highest BCUT2D eigenvalue weighted by Gasteiger charge is 2.16. The molecule has 0 saturated heterocycles. The molecule has 0 spiro atoms. The van der Waals surface area contributed by atoms with E-state index in [4.69, 9.17) is 10.3 Å². The van der Waals surface area contributed by atoms with Crippen LogP contribution in [0.15, 0.2) is 33.3 Å². The summed E-state index contributed by atoms with van der Waals surface area (Å²) >= 11 is 3.45. The minimum absolute atomic E-state index is 0.494. The first-order valence-corrected chi connectivity index (χ1v) is 6.37. The molecule has 3 nitrogen and oxygen atoms in total. The van der Waals surface area contributed by atoms with Gasteiger partial charge in [-0.15, -0.1) is 0 Å². The highest BCUT2D eigenvalue weighted by atomic mass is 79.9. The third-order valence-electron chi connectivity index (χ3n) is 2.52. The van der Waals surface area contributed by atoms with Gasteiger partial charge in [-0.1, -0.05) is 47.1 Å². The van der Waals surface area contributed by atoms with Crippen molar-refractivity contribution in [2.45, 2.75) is 20.3 Å². The van der Waals surface area contributed by atoms with Gasteiger partial charge in [0, 0.05) is 15.6 Å². The number of anilines is 1. The number of rotatable bonds is 3. The van der Waals surface area contributed by atoms with E-state index in [0.29, 0.717) is 11.7 Å². The van der Waals surface area contributed by atoms with Crippen LogP contribution in [0.1, 0.15) is 19.4 Å². The van der Waals surface area contributed by atoms with Gasteiger partial charge in [-0.05, 0) is 24.5 Å². The van der Waals surface area contributed by atoms with Crippen LogP contribution in [0.3, 0.4) is 0 Å². The molecule has 1 aromatic carbocycles. The van der Waals surface area contributed by atoms with E-state index in [2.05, 4.69) is 34.9 Å². The van der Waals surface area contributed by atoms with Crippen molar-refractivity contribution < 1.29 is 4.52 Å². The van der Waals surface area contributed by atoms with E-state index < -0.39 is 0 Å². The van der Waals surface area contributed by atoms with Gasteiger partial charge in [0.1, 0.15) is 0 Å². The average molecular weight is 295 g/mol. The molecule has 0 fully saturated rings. The van der Waals surface area contributed by atoms with E-state index in [9.17, 15) is 0 Å². The van der Waals surface area contributed by atoms with Crippen LogP contribution < -0.4 is 5.73 Å². The summed E-state index contributed by atoms with van der Waals surface area (Å²) in [5.74, 6) is 1.79. The summed E-state index contributed by atoms with van der Waals surface area (Å²) in [5.41, 5.74) is 7.85. The second kappa shape index (κ2) is 4.92. The highest BCUT2D eigenvalue weighted by molar-refractivity contribution is 9.10. The minimum Gasteiger partial charge on any atom is -0.381 e. The van der Waals surface area contributed by atoms with Gasteiger partial charge in [0.2, 0.25) is 0 Å². The highest BCUT2D eigenvalue weighted by Crippen LogP contribution is 2.31. The lowest BCUT2D eigenvalue weighted by Crippen LogP contribution is -1.98.